The quantitative estimate of drug-likeness (QED) is 0.754. The van der Waals surface area contributed by atoms with Crippen LogP contribution >= 0.6 is 11.8 Å². The molecule has 0 atom stereocenters. The highest BCUT2D eigenvalue weighted by Gasteiger charge is 2.07. The molecule has 0 spiro atoms. The number of ether oxygens (including phenoxy) is 1. The number of ketones is 1. The molecule has 2 aromatic carbocycles. The van der Waals surface area contributed by atoms with Crippen LogP contribution in [0.5, 0.6) is 5.75 Å². The van der Waals surface area contributed by atoms with Crippen molar-refractivity contribution in [2.24, 2.45) is 0 Å². The summed E-state index contributed by atoms with van der Waals surface area (Å²) in [5.74, 6) is 1.47. The van der Waals surface area contributed by atoms with Crippen LogP contribution in [0.15, 0.2) is 48.5 Å². The van der Waals surface area contributed by atoms with Gasteiger partial charge < -0.3 is 4.74 Å². The Bertz CT molecular complexity index is 581. The van der Waals surface area contributed by atoms with E-state index >= 15 is 0 Å². The Hall–Kier alpha value is -1.81. The normalized spacial score (nSPS) is 10.3. The number of hydrogen-bond acceptors (Lipinski definition) is 3. The van der Waals surface area contributed by atoms with Gasteiger partial charge >= 0.3 is 0 Å². The van der Waals surface area contributed by atoms with E-state index in [0.29, 0.717) is 11.3 Å². The van der Waals surface area contributed by atoms with Gasteiger partial charge in [0.2, 0.25) is 0 Å². The Balaban J connectivity index is 1.84. The van der Waals surface area contributed by atoms with Gasteiger partial charge in [-0.1, -0.05) is 24.3 Å². The van der Waals surface area contributed by atoms with Gasteiger partial charge in [-0.2, -0.15) is 0 Å². The summed E-state index contributed by atoms with van der Waals surface area (Å²) < 4.78 is 18.1. The fourth-order valence-electron chi connectivity index (χ4n) is 1.73. The summed E-state index contributed by atoms with van der Waals surface area (Å²) in [6.45, 7) is 0. The minimum Gasteiger partial charge on any atom is -0.497 e. The van der Waals surface area contributed by atoms with Gasteiger partial charge in [0.1, 0.15) is 11.6 Å². The first-order valence-electron chi connectivity index (χ1n) is 6.18. The second-order valence-corrected chi connectivity index (χ2v) is 5.26. The van der Waals surface area contributed by atoms with Crippen molar-refractivity contribution < 1.29 is 13.9 Å². The third-order valence-corrected chi connectivity index (χ3v) is 3.81. The van der Waals surface area contributed by atoms with Gasteiger partial charge in [0.15, 0.2) is 5.78 Å². The zero-order valence-corrected chi connectivity index (χ0v) is 12.0. The van der Waals surface area contributed by atoms with Crippen LogP contribution in [-0.4, -0.2) is 18.6 Å². The Morgan fingerprint density at radius 2 is 1.95 bits per heavy atom. The third kappa shape index (κ3) is 4.10. The first kappa shape index (κ1) is 14.6. The number of Topliss-reactive ketones (excluding diaryl/α,β-unsaturated/α-hetero) is 1. The molecule has 104 valence electrons. The summed E-state index contributed by atoms with van der Waals surface area (Å²) >= 11 is 1.52. The number of halogens is 1. The van der Waals surface area contributed by atoms with E-state index < -0.39 is 0 Å². The fourth-order valence-corrected chi connectivity index (χ4v) is 2.61. The standard InChI is InChI=1S/C16H15FO2S/c1-19-15-7-5-12(6-8-15)10-20-11-16(18)13-3-2-4-14(17)9-13/h2-9H,10-11H2,1H3. The summed E-state index contributed by atoms with van der Waals surface area (Å²) in [5.41, 5.74) is 1.55. The van der Waals surface area contributed by atoms with Crippen molar-refractivity contribution >= 4 is 17.5 Å². The molecule has 0 saturated heterocycles. The maximum atomic E-state index is 13.0. The Labute approximate surface area is 122 Å². The molecule has 0 amide bonds. The van der Waals surface area contributed by atoms with Crippen molar-refractivity contribution in [3.05, 3.63) is 65.5 Å². The molecule has 2 rings (SSSR count). The predicted octanol–water partition coefficient (Wildman–Crippen LogP) is 3.95. The van der Waals surface area contributed by atoms with Crippen LogP contribution in [0, 0.1) is 5.82 Å². The Kier molecular flexibility index (Phi) is 5.18. The van der Waals surface area contributed by atoms with E-state index in [-0.39, 0.29) is 11.6 Å². The average Bonchev–Trinajstić information content (AvgIpc) is 2.48. The summed E-state index contributed by atoms with van der Waals surface area (Å²) in [4.78, 5) is 11.9. The van der Waals surface area contributed by atoms with E-state index in [1.54, 1.807) is 19.2 Å². The number of benzene rings is 2. The molecule has 4 heteroatoms. The van der Waals surface area contributed by atoms with Crippen molar-refractivity contribution in [2.45, 2.75) is 5.75 Å². The zero-order chi connectivity index (χ0) is 14.4. The van der Waals surface area contributed by atoms with E-state index in [0.717, 1.165) is 17.1 Å². The molecule has 20 heavy (non-hydrogen) atoms. The fraction of sp³-hybridized carbons (Fsp3) is 0.188. The number of hydrogen-bond donors (Lipinski definition) is 0. The molecular weight excluding hydrogens is 275 g/mol. The molecule has 2 aromatic rings. The first-order chi connectivity index (χ1) is 9.69. The van der Waals surface area contributed by atoms with Gasteiger partial charge in [-0.25, -0.2) is 4.39 Å². The van der Waals surface area contributed by atoms with Crippen molar-refractivity contribution in [2.75, 3.05) is 12.9 Å². The van der Waals surface area contributed by atoms with E-state index in [9.17, 15) is 9.18 Å². The third-order valence-electron chi connectivity index (χ3n) is 2.81. The maximum absolute atomic E-state index is 13.0. The van der Waals surface area contributed by atoms with E-state index in [2.05, 4.69) is 0 Å². The number of rotatable bonds is 6. The van der Waals surface area contributed by atoms with Crippen molar-refractivity contribution in [3.63, 3.8) is 0 Å². The summed E-state index contributed by atoms with van der Waals surface area (Å²) in [5, 5.41) is 0. The molecule has 0 bridgehead atoms. The molecule has 0 saturated carbocycles. The number of carbonyl (C=O) groups is 1. The van der Waals surface area contributed by atoms with E-state index in [1.807, 2.05) is 24.3 Å². The highest BCUT2D eigenvalue weighted by atomic mass is 32.2. The molecule has 0 heterocycles. The smallest absolute Gasteiger partial charge is 0.172 e. The summed E-state index contributed by atoms with van der Waals surface area (Å²) in [7, 11) is 1.63. The van der Waals surface area contributed by atoms with Crippen LogP contribution in [0.4, 0.5) is 4.39 Å². The summed E-state index contributed by atoms with van der Waals surface area (Å²) in [6.07, 6.45) is 0. The lowest BCUT2D eigenvalue weighted by atomic mass is 10.1. The van der Waals surface area contributed by atoms with Crippen LogP contribution in [0.2, 0.25) is 0 Å². The van der Waals surface area contributed by atoms with Gasteiger partial charge in [-0.15, -0.1) is 11.8 Å². The highest BCUT2D eigenvalue weighted by molar-refractivity contribution is 7.99. The molecular formula is C16H15FO2S. The Morgan fingerprint density at radius 3 is 2.60 bits per heavy atom. The van der Waals surface area contributed by atoms with Crippen molar-refractivity contribution in [1.29, 1.82) is 0 Å². The largest absolute Gasteiger partial charge is 0.497 e. The lowest BCUT2D eigenvalue weighted by molar-refractivity contribution is 0.102. The second-order valence-electron chi connectivity index (χ2n) is 4.27. The minimum atomic E-state index is -0.379. The van der Waals surface area contributed by atoms with E-state index in [1.165, 1.54) is 23.9 Å². The lowest BCUT2D eigenvalue weighted by Gasteiger charge is -2.04. The van der Waals surface area contributed by atoms with Crippen molar-refractivity contribution in [3.8, 4) is 5.75 Å². The van der Waals surface area contributed by atoms with E-state index in [4.69, 9.17) is 4.74 Å². The molecule has 0 aromatic heterocycles. The molecule has 0 aliphatic carbocycles. The van der Waals surface area contributed by atoms with Gasteiger partial charge in [-0.3, -0.25) is 4.79 Å². The molecule has 2 nitrogen and oxygen atoms in total. The van der Waals surface area contributed by atoms with Crippen LogP contribution in [0.25, 0.3) is 0 Å². The number of thioether (sulfide) groups is 1. The van der Waals surface area contributed by atoms with Gasteiger partial charge in [0.05, 0.1) is 12.9 Å². The maximum Gasteiger partial charge on any atom is 0.172 e. The predicted molar refractivity (Wildman–Crippen MR) is 79.9 cm³/mol. The monoisotopic (exact) mass is 290 g/mol. The van der Waals surface area contributed by atoms with Crippen LogP contribution in [-0.2, 0) is 5.75 Å². The van der Waals surface area contributed by atoms with Gasteiger partial charge in [-0.05, 0) is 29.8 Å². The molecule has 0 radical (unpaired) electrons. The van der Waals surface area contributed by atoms with Crippen molar-refractivity contribution in [1.82, 2.24) is 0 Å². The Morgan fingerprint density at radius 1 is 1.20 bits per heavy atom. The summed E-state index contributed by atoms with van der Waals surface area (Å²) in [6, 6.07) is 13.5. The first-order valence-corrected chi connectivity index (χ1v) is 7.34. The highest BCUT2D eigenvalue weighted by Crippen LogP contribution is 2.17. The van der Waals surface area contributed by atoms with Gasteiger partial charge in [0.25, 0.3) is 0 Å². The zero-order valence-electron chi connectivity index (χ0n) is 11.1. The van der Waals surface area contributed by atoms with Crippen LogP contribution in [0.1, 0.15) is 15.9 Å². The number of methoxy groups -OCH3 is 1. The second kappa shape index (κ2) is 7.10. The molecule has 0 N–H and O–H groups in total. The van der Waals surface area contributed by atoms with Gasteiger partial charge in [0, 0.05) is 11.3 Å². The minimum absolute atomic E-state index is 0.0528. The van der Waals surface area contributed by atoms with Crippen LogP contribution < -0.4 is 4.74 Å². The topological polar surface area (TPSA) is 26.3 Å². The average molecular weight is 290 g/mol. The SMILES string of the molecule is COc1ccc(CSCC(=O)c2cccc(F)c2)cc1. The molecule has 0 unspecified atom stereocenters. The molecule has 0 fully saturated rings. The lowest BCUT2D eigenvalue weighted by Crippen LogP contribution is -2.03. The van der Waals surface area contributed by atoms with Crippen LogP contribution in [0.3, 0.4) is 0 Å². The molecule has 0 aliphatic rings. The molecule has 0 aliphatic heterocycles. The number of carbonyl (C=O) groups excluding carboxylic acids is 1.